The van der Waals surface area contributed by atoms with Gasteiger partial charge in [-0.15, -0.1) is 0 Å². The molecule has 0 aliphatic rings. The number of benzene rings is 1. The zero-order valence-corrected chi connectivity index (χ0v) is 10.4. The molecule has 1 aromatic heterocycles. The number of aromatic nitrogens is 3. The Bertz CT molecular complexity index is 704. The number of nitrogens with one attached hydrogen (secondary N) is 1. The third kappa shape index (κ3) is 2.36. The summed E-state index contributed by atoms with van der Waals surface area (Å²) in [6.07, 6.45) is 0. The van der Waals surface area contributed by atoms with Crippen LogP contribution in [0.3, 0.4) is 0 Å². The van der Waals surface area contributed by atoms with Gasteiger partial charge in [0.15, 0.2) is 0 Å². The lowest BCUT2D eigenvalue weighted by Crippen LogP contribution is -2.14. The maximum Gasteiger partial charge on any atom is 0.265 e. The number of sulfonamides is 1. The molecule has 8 nitrogen and oxygen atoms in total. The van der Waals surface area contributed by atoms with E-state index >= 15 is 0 Å². The molecule has 0 saturated heterocycles. The monoisotopic (exact) mass is 282 g/mol. The van der Waals surface area contributed by atoms with E-state index in [2.05, 4.69) is 19.5 Å². The normalized spacial score (nSPS) is 10.8. The van der Waals surface area contributed by atoms with Gasteiger partial charge in [0, 0.05) is 11.5 Å². The van der Waals surface area contributed by atoms with Gasteiger partial charge in [0.05, 0.1) is 17.3 Å². The van der Waals surface area contributed by atoms with Gasteiger partial charge >= 0.3 is 0 Å². The van der Waals surface area contributed by atoms with Crippen LogP contribution in [0, 0.1) is 11.3 Å². The summed E-state index contributed by atoms with van der Waals surface area (Å²) in [5, 5.41) is 15.4. The Kier molecular flexibility index (Phi) is 3.09. The molecule has 0 amide bonds. The zero-order chi connectivity index (χ0) is 13.2. The molecule has 0 aliphatic carbocycles. The third-order valence-electron chi connectivity index (χ3n) is 1.95. The summed E-state index contributed by atoms with van der Waals surface area (Å²) in [6.45, 7) is 0. The molecule has 2 rings (SSSR count). The highest BCUT2D eigenvalue weighted by atomic mass is 32.2. The molecule has 1 heterocycles. The number of nitriles is 1. The molecule has 0 aliphatic heterocycles. The van der Waals surface area contributed by atoms with Crippen molar-refractivity contribution in [2.75, 3.05) is 10.5 Å². The van der Waals surface area contributed by atoms with E-state index in [1.54, 1.807) is 0 Å². The van der Waals surface area contributed by atoms with Crippen LogP contribution in [-0.4, -0.2) is 23.2 Å². The van der Waals surface area contributed by atoms with Crippen LogP contribution in [0.5, 0.6) is 0 Å². The Balaban J connectivity index is 2.39. The van der Waals surface area contributed by atoms with E-state index in [1.807, 2.05) is 6.07 Å². The Hall–Kier alpha value is -2.25. The standard InChI is InChI=1S/C8H6N6O2S2/c9-4-5-1-2-7(6(10)3-5)18(15,16)12-8-11-13-14-17-8/h1-3H,10H2,(H,11,12,14). The highest BCUT2D eigenvalue weighted by Crippen LogP contribution is 2.22. The van der Waals surface area contributed by atoms with Crippen LogP contribution < -0.4 is 10.5 Å². The van der Waals surface area contributed by atoms with E-state index in [1.165, 1.54) is 18.2 Å². The van der Waals surface area contributed by atoms with Gasteiger partial charge in [0.25, 0.3) is 10.0 Å². The lowest BCUT2D eigenvalue weighted by atomic mass is 10.2. The summed E-state index contributed by atoms with van der Waals surface area (Å²) < 4.78 is 29.5. The summed E-state index contributed by atoms with van der Waals surface area (Å²) >= 11 is 0.802. The van der Waals surface area contributed by atoms with E-state index in [4.69, 9.17) is 11.0 Å². The van der Waals surface area contributed by atoms with Crippen LogP contribution in [0.2, 0.25) is 0 Å². The summed E-state index contributed by atoms with van der Waals surface area (Å²) in [6, 6.07) is 5.77. The SMILES string of the molecule is N#Cc1ccc(S(=O)(=O)Nc2nnns2)c(N)c1. The number of anilines is 2. The van der Waals surface area contributed by atoms with Crippen molar-refractivity contribution in [3.05, 3.63) is 23.8 Å². The van der Waals surface area contributed by atoms with Crippen LogP contribution in [0.4, 0.5) is 10.8 Å². The van der Waals surface area contributed by atoms with Gasteiger partial charge in [0.1, 0.15) is 4.90 Å². The molecular formula is C8H6N6O2S2. The number of hydrogen-bond acceptors (Lipinski definition) is 8. The van der Waals surface area contributed by atoms with Crippen LogP contribution in [0.25, 0.3) is 0 Å². The first-order valence-electron chi connectivity index (χ1n) is 4.50. The Morgan fingerprint density at radius 3 is 2.78 bits per heavy atom. The van der Waals surface area contributed by atoms with E-state index in [0.717, 1.165) is 11.5 Å². The first kappa shape index (κ1) is 12.2. The minimum atomic E-state index is -3.86. The van der Waals surface area contributed by atoms with Gasteiger partial charge in [-0.3, -0.25) is 4.72 Å². The smallest absolute Gasteiger partial charge is 0.265 e. The van der Waals surface area contributed by atoms with E-state index in [9.17, 15) is 8.42 Å². The topological polar surface area (TPSA) is 135 Å². The molecule has 0 unspecified atom stereocenters. The Morgan fingerprint density at radius 1 is 1.44 bits per heavy atom. The average molecular weight is 282 g/mol. The van der Waals surface area contributed by atoms with Crippen molar-refractivity contribution in [1.82, 2.24) is 14.8 Å². The second-order valence-electron chi connectivity index (χ2n) is 3.14. The van der Waals surface area contributed by atoms with Crippen molar-refractivity contribution < 1.29 is 8.42 Å². The number of nitrogen functional groups attached to an aromatic ring is 1. The summed E-state index contributed by atoms with van der Waals surface area (Å²) in [5.74, 6) is 0. The van der Waals surface area contributed by atoms with Crippen molar-refractivity contribution >= 4 is 32.4 Å². The highest BCUT2D eigenvalue weighted by Gasteiger charge is 2.19. The van der Waals surface area contributed by atoms with Gasteiger partial charge in [-0.25, -0.2) is 8.42 Å². The molecule has 0 saturated carbocycles. The predicted octanol–water partition coefficient (Wildman–Crippen LogP) is 0.188. The minimum absolute atomic E-state index is 0.0148. The molecule has 1 aromatic carbocycles. The second-order valence-corrected chi connectivity index (χ2v) is 5.52. The van der Waals surface area contributed by atoms with E-state index in [0.29, 0.717) is 0 Å². The highest BCUT2D eigenvalue weighted by molar-refractivity contribution is 7.93. The Morgan fingerprint density at radius 2 is 2.22 bits per heavy atom. The molecule has 0 spiro atoms. The molecule has 0 atom stereocenters. The number of rotatable bonds is 3. The first-order valence-corrected chi connectivity index (χ1v) is 6.76. The summed E-state index contributed by atoms with van der Waals surface area (Å²) in [5.41, 5.74) is 5.86. The second kappa shape index (κ2) is 4.55. The van der Waals surface area contributed by atoms with Gasteiger partial charge in [-0.2, -0.15) is 5.26 Å². The minimum Gasteiger partial charge on any atom is -0.398 e. The maximum absolute atomic E-state index is 12.0. The lowest BCUT2D eigenvalue weighted by Gasteiger charge is -2.07. The molecular weight excluding hydrogens is 276 g/mol. The third-order valence-corrected chi connectivity index (χ3v) is 4.00. The van der Waals surface area contributed by atoms with Gasteiger partial charge in [-0.05, 0) is 23.4 Å². The summed E-state index contributed by atoms with van der Waals surface area (Å²) in [4.78, 5) is -0.128. The van der Waals surface area contributed by atoms with Crippen molar-refractivity contribution in [3.8, 4) is 6.07 Å². The van der Waals surface area contributed by atoms with Gasteiger partial charge in [0.2, 0.25) is 5.13 Å². The zero-order valence-electron chi connectivity index (χ0n) is 8.73. The molecule has 10 heteroatoms. The quantitative estimate of drug-likeness (QED) is 0.767. The van der Waals surface area contributed by atoms with Gasteiger partial charge < -0.3 is 5.73 Å². The van der Waals surface area contributed by atoms with E-state index < -0.39 is 10.0 Å². The molecule has 0 bridgehead atoms. The first-order chi connectivity index (χ1) is 8.53. The van der Waals surface area contributed by atoms with Crippen molar-refractivity contribution in [1.29, 1.82) is 5.26 Å². The predicted molar refractivity (Wildman–Crippen MR) is 64.1 cm³/mol. The largest absolute Gasteiger partial charge is 0.398 e. The maximum atomic E-state index is 12.0. The number of nitrogens with two attached hydrogens (primary N) is 1. The fourth-order valence-corrected chi connectivity index (χ4v) is 2.90. The van der Waals surface area contributed by atoms with E-state index in [-0.39, 0.29) is 21.3 Å². The molecule has 3 N–H and O–H groups in total. The van der Waals surface area contributed by atoms with Gasteiger partial charge in [-0.1, -0.05) is 9.59 Å². The fraction of sp³-hybridized carbons (Fsp3) is 0. The van der Waals surface area contributed by atoms with Crippen LogP contribution >= 0.6 is 11.5 Å². The molecule has 0 radical (unpaired) electrons. The molecule has 18 heavy (non-hydrogen) atoms. The summed E-state index contributed by atoms with van der Waals surface area (Å²) in [7, 11) is -3.86. The molecule has 0 fully saturated rings. The molecule has 92 valence electrons. The number of nitrogens with zero attached hydrogens (tertiary/aromatic N) is 4. The van der Waals surface area contributed by atoms with Crippen LogP contribution in [0.1, 0.15) is 5.56 Å². The number of hydrogen-bond donors (Lipinski definition) is 2. The molecule has 2 aromatic rings. The van der Waals surface area contributed by atoms with Crippen LogP contribution in [0.15, 0.2) is 23.1 Å². The van der Waals surface area contributed by atoms with Crippen molar-refractivity contribution in [2.45, 2.75) is 4.90 Å². The average Bonchev–Trinajstić information content (AvgIpc) is 2.80. The van der Waals surface area contributed by atoms with Crippen LogP contribution in [-0.2, 0) is 10.0 Å². The van der Waals surface area contributed by atoms with Crippen molar-refractivity contribution in [3.63, 3.8) is 0 Å². The van der Waals surface area contributed by atoms with Crippen molar-refractivity contribution in [2.24, 2.45) is 0 Å². The fourth-order valence-electron chi connectivity index (χ4n) is 1.21. The Labute approximate surface area is 106 Å². The lowest BCUT2D eigenvalue weighted by molar-refractivity contribution is 0.601.